The second-order valence-electron chi connectivity index (χ2n) is 6.74. The molecule has 0 radical (unpaired) electrons. The van der Waals surface area contributed by atoms with E-state index in [-0.39, 0.29) is 16.5 Å². The molecule has 0 bridgehead atoms. The number of hydrogen-bond acceptors (Lipinski definition) is 6. The van der Waals surface area contributed by atoms with Crippen molar-refractivity contribution in [2.24, 2.45) is 0 Å². The van der Waals surface area contributed by atoms with Gasteiger partial charge >= 0.3 is 0 Å². The fourth-order valence-corrected chi connectivity index (χ4v) is 3.43. The Balaban J connectivity index is 1.77. The van der Waals surface area contributed by atoms with E-state index in [9.17, 15) is 10.1 Å². The van der Waals surface area contributed by atoms with E-state index < -0.39 is 0 Å². The van der Waals surface area contributed by atoms with Crippen LogP contribution >= 0.6 is 15.9 Å². The molecule has 8 heteroatoms. The maximum Gasteiger partial charge on any atom is 0.293 e. The Morgan fingerprint density at radius 1 is 1.12 bits per heavy atom. The van der Waals surface area contributed by atoms with Gasteiger partial charge in [0.25, 0.3) is 5.69 Å². The van der Waals surface area contributed by atoms with E-state index >= 15 is 0 Å². The molecule has 1 aliphatic rings. The molecule has 0 spiro atoms. The highest BCUT2D eigenvalue weighted by molar-refractivity contribution is 9.10. The van der Waals surface area contributed by atoms with Crippen molar-refractivity contribution < 1.29 is 4.92 Å². The molecular formula is C18H22BrN5O2. The van der Waals surface area contributed by atoms with Crippen LogP contribution in [0, 0.1) is 17.0 Å². The van der Waals surface area contributed by atoms with E-state index in [0.29, 0.717) is 23.2 Å². The Labute approximate surface area is 161 Å². The van der Waals surface area contributed by atoms with Gasteiger partial charge in [-0.15, -0.1) is 0 Å². The SMILES string of the molecule is Cc1cc(N2CCN(c3ccc(Br)cc3[N+](=O)[O-])CC2)nc(C(C)C)n1. The summed E-state index contributed by atoms with van der Waals surface area (Å²) in [5, 5.41) is 11.4. The van der Waals surface area contributed by atoms with Crippen molar-refractivity contribution in [3.8, 4) is 0 Å². The number of piperazine rings is 1. The van der Waals surface area contributed by atoms with Crippen LogP contribution in [0.4, 0.5) is 17.2 Å². The smallest absolute Gasteiger partial charge is 0.293 e. The molecule has 1 fully saturated rings. The van der Waals surface area contributed by atoms with Crippen LogP contribution in [-0.2, 0) is 0 Å². The molecule has 0 atom stereocenters. The predicted octanol–water partition coefficient (Wildman–Crippen LogP) is 3.91. The van der Waals surface area contributed by atoms with Crippen molar-refractivity contribution in [3.63, 3.8) is 0 Å². The van der Waals surface area contributed by atoms with Crippen LogP contribution in [0.1, 0.15) is 31.3 Å². The van der Waals surface area contributed by atoms with E-state index in [1.807, 2.05) is 25.1 Å². The topological polar surface area (TPSA) is 75.4 Å². The molecule has 26 heavy (non-hydrogen) atoms. The fourth-order valence-electron chi connectivity index (χ4n) is 3.08. The van der Waals surface area contributed by atoms with Gasteiger partial charge in [-0.1, -0.05) is 29.8 Å². The standard InChI is InChI=1S/C18H22BrN5O2/c1-12(2)18-20-13(3)10-17(21-18)23-8-6-22(7-9-23)15-5-4-14(19)11-16(15)24(25)26/h4-5,10-12H,6-9H2,1-3H3. The van der Waals surface area contributed by atoms with Gasteiger partial charge in [-0.2, -0.15) is 0 Å². The molecule has 2 aromatic rings. The quantitative estimate of drug-likeness (QED) is 0.552. The summed E-state index contributed by atoms with van der Waals surface area (Å²) in [6, 6.07) is 7.22. The van der Waals surface area contributed by atoms with Crippen molar-refractivity contribution >= 4 is 33.1 Å². The van der Waals surface area contributed by atoms with Crippen molar-refractivity contribution in [2.45, 2.75) is 26.7 Å². The highest BCUT2D eigenvalue weighted by Gasteiger charge is 2.25. The highest BCUT2D eigenvalue weighted by Crippen LogP contribution is 2.32. The molecule has 0 N–H and O–H groups in total. The zero-order valence-electron chi connectivity index (χ0n) is 15.1. The molecule has 1 aromatic carbocycles. The molecule has 1 saturated heterocycles. The first-order chi connectivity index (χ1) is 12.3. The van der Waals surface area contributed by atoms with Crippen LogP contribution in [0.3, 0.4) is 0 Å². The molecule has 3 rings (SSSR count). The summed E-state index contributed by atoms with van der Waals surface area (Å²) >= 11 is 3.31. The average molecular weight is 420 g/mol. The molecule has 7 nitrogen and oxygen atoms in total. The number of rotatable bonds is 4. The molecule has 138 valence electrons. The largest absolute Gasteiger partial charge is 0.362 e. The third kappa shape index (κ3) is 3.95. The van der Waals surface area contributed by atoms with Crippen LogP contribution in [0.5, 0.6) is 0 Å². The first-order valence-electron chi connectivity index (χ1n) is 8.64. The Kier molecular flexibility index (Phi) is 5.41. The number of anilines is 2. The maximum atomic E-state index is 11.4. The first kappa shape index (κ1) is 18.6. The van der Waals surface area contributed by atoms with Gasteiger partial charge in [-0.3, -0.25) is 10.1 Å². The van der Waals surface area contributed by atoms with Gasteiger partial charge in [0.05, 0.1) is 4.92 Å². The van der Waals surface area contributed by atoms with Gasteiger partial charge in [0.2, 0.25) is 0 Å². The predicted molar refractivity (Wildman–Crippen MR) is 106 cm³/mol. The molecule has 1 aromatic heterocycles. The molecule has 0 amide bonds. The van der Waals surface area contributed by atoms with Gasteiger partial charge in [-0.05, 0) is 19.1 Å². The Hall–Kier alpha value is -2.22. The molecule has 1 aliphatic heterocycles. The zero-order valence-corrected chi connectivity index (χ0v) is 16.7. The average Bonchev–Trinajstić information content (AvgIpc) is 2.61. The Morgan fingerprint density at radius 2 is 1.77 bits per heavy atom. The minimum absolute atomic E-state index is 0.132. The zero-order chi connectivity index (χ0) is 18.8. The van der Waals surface area contributed by atoms with E-state index in [2.05, 4.69) is 44.6 Å². The van der Waals surface area contributed by atoms with Crippen molar-refractivity contribution in [1.29, 1.82) is 0 Å². The number of benzene rings is 1. The van der Waals surface area contributed by atoms with Crippen molar-refractivity contribution in [1.82, 2.24) is 9.97 Å². The number of nitro groups is 1. The van der Waals surface area contributed by atoms with Crippen LogP contribution in [0.25, 0.3) is 0 Å². The summed E-state index contributed by atoms with van der Waals surface area (Å²) in [4.78, 5) is 24.5. The molecular weight excluding hydrogens is 398 g/mol. The normalized spacial score (nSPS) is 14.8. The fraction of sp³-hybridized carbons (Fsp3) is 0.444. The van der Waals surface area contributed by atoms with Gasteiger partial charge in [0.1, 0.15) is 17.3 Å². The van der Waals surface area contributed by atoms with Gasteiger partial charge in [0, 0.05) is 54.4 Å². The minimum Gasteiger partial charge on any atom is -0.362 e. The molecule has 2 heterocycles. The van der Waals surface area contributed by atoms with Crippen LogP contribution in [0.2, 0.25) is 0 Å². The Morgan fingerprint density at radius 3 is 2.38 bits per heavy atom. The van der Waals surface area contributed by atoms with Gasteiger partial charge in [-0.25, -0.2) is 9.97 Å². The van der Waals surface area contributed by atoms with E-state index in [0.717, 1.165) is 30.4 Å². The number of hydrogen-bond donors (Lipinski definition) is 0. The summed E-state index contributed by atoms with van der Waals surface area (Å²) in [6.07, 6.45) is 0. The first-order valence-corrected chi connectivity index (χ1v) is 9.44. The van der Waals surface area contributed by atoms with E-state index in [1.165, 1.54) is 0 Å². The monoisotopic (exact) mass is 419 g/mol. The number of halogens is 1. The summed E-state index contributed by atoms with van der Waals surface area (Å²) in [5.74, 6) is 2.07. The highest BCUT2D eigenvalue weighted by atomic mass is 79.9. The van der Waals surface area contributed by atoms with Crippen molar-refractivity contribution in [2.75, 3.05) is 36.0 Å². The summed E-state index contributed by atoms with van der Waals surface area (Å²) in [5.41, 5.74) is 1.76. The summed E-state index contributed by atoms with van der Waals surface area (Å²) in [6.45, 7) is 9.11. The van der Waals surface area contributed by atoms with Crippen molar-refractivity contribution in [3.05, 3.63) is 50.4 Å². The lowest BCUT2D eigenvalue weighted by Crippen LogP contribution is -2.47. The van der Waals surface area contributed by atoms with Gasteiger partial charge in [0.15, 0.2) is 0 Å². The number of nitro benzene ring substituents is 1. The lowest BCUT2D eigenvalue weighted by Gasteiger charge is -2.36. The van der Waals surface area contributed by atoms with Crippen LogP contribution in [0.15, 0.2) is 28.7 Å². The van der Waals surface area contributed by atoms with Crippen LogP contribution < -0.4 is 9.80 Å². The third-order valence-corrected chi connectivity index (χ3v) is 4.95. The summed E-state index contributed by atoms with van der Waals surface area (Å²) < 4.78 is 0.712. The number of nitrogens with zero attached hydrogens (tertiary/aromatic N) is 5. The van der Waals surface area contributed by atoms with E-state index in [1.54, 1.807) is 6.07 Å². The molecule has 0 unspecified atom stereocenters. The van der Waals surface area contributed by atoms with Gasteiger partial charge < -0.3 is 9.80 Å². The van der Waals surface area contributed by atoms with Crippen LogP contribution in [-0.4, -0.2) is 41.1 Å². The lowest BCUT2D eigenvalue weighted by atomic mass is 10.2. The molecule has 0 aliphatic carbocycles. The maximum absolute atomic E-state index is 11.4. The minimum atomic E-state index is -0.324. The number of aryl methyl sites for hydroxylation is 1. The number of aromatic nitrogens is 2. The second-order valence-corrected chi connectivity index (χ2v) is 7.66. The molecule has 0 saturated carbocycles. The third-order valence-electron chi connectivity index (χ3n) is 4.45. The second kappa shape index (κ2) is 7.57. The summed E-state index contributed by atoms with van der Waals surface area (Å²) in [7, 11) is 0. The van der Waals surface area contributed by atoms with E-state index in [4.69, 9.17) is 4.98 Å². The lowest BCUT2D eigenvalue weighted by molar-refractivity contribution is -0.384. The Bertz CT molecular complexity index is 819.